The Hall–Kier alpha value is -2.40. The van der Waals surface area contributed by atoms with Gasteiger partial charge in [-0.3, -0.25) is 4.40 Å². The molecule has 0 amide bonds. The number of hydrogen-bond acceptors (Lipinski definition) is 4. The topological polar surface area (TPSA) is 56.5 Å². The molecule has 0 aliphatic heterocycles. The average molecular weight is 288 g/mol. The monoisotopic (exact) mass is 287 g/mol. The predicted octanol–water partition coefficient (Wildman–Crippen LogP) is 2.84. The second-order valence-corrected chi connectivity index (χ2v) is 4.54. The molecule has 0 aliphatic rings. The molecule has 20 heavy (non-hydrogen) atoms. The number of ether oxygens (including phenoxy) is 1. The molecule has 5 nitrogen and oxygen atoms in total. The fraction of sp³-hybridized carbons (Fsp3) is 0.0714. The third kappa shape index (κ3) is 2.12. The van der Waals surface area contributed by atoms with Gasteiger partial charge in [-0.1, -0.05) is 23.7 Å². The Balaban J connectivity index is 2.07. The van der Waals surface area contributed by atoms with Crippen molar-refractivity contribution < 1.29 is 9.53 Å². The van der Waals surface area contributed by atoms with Gasteiger partial charge < -0.3 is 4.74 Å². The largest absolute Gasteiger partial charge is 0.465 e. The summed E-state index contributed by atoms with van der Waals surface area (Å²) in [6, 6.07) is 7.03. The highest BCUT2D eigenvalue weighted by molar-refractivity contribution is 6.29. The van der Waals surface area contributed by atoms with Crippen molar-refractivity contribution in [2.75, 3.05) is 7.11 Å². The number of rotatable bonds is 2. The maximum atomic E-state index is 11.4. The van der Waals surface area contributed by atoms with Crippen LogP contribution in [0.4, 0.5) is 0 Å². The van der Waals surface area contributed by atoms with Gasteiger partial charge in [0.25, 0.3) is 0 Å². The molecule has 6 heteroatoms. The summed E-state index contributed by atoms with van der Waals surface area (Å²) in [6.45, 7) is 0. The summed E-state index contributed by atoms with van der Waals surface area (Å²) in [5.74, 6) is 0.373. The lowest BCUT2D eigenvalue weighted by Gasteiger charge is -2.03. The Kier molecular flexibility index (Phi) is 3.12. The summed E-state index contributed by atoms with van der Waals surface area (Å²) < 4.78 is 6.52. The second-order valence-electron chi connectivity index (χ2n) is 4.16. The smallest absolute Gasteiger partial charge is 0.337 e. The molecular formula is C14H10ClN3O2. The molecule has 0 bridgehead atoms. The van der Waals surface area contributed by atoms with Gasteiger partial charge in [-0.05, 0) is 12.1 Å². The van der Waals surface area contributed by atoms with Crippen LogP contribution in [0.1, 0.15) is 10.4 Å². The van der Waals surface area contributed by atoms with Crippen molar-refractivity contribution in [3.63, 3.8) is 0 Å². The molecule has 1 aromatic carbocycles. The summed E-state index contributed by atoms with van der Waals surface area (Å²) in [7, 11) is 1.35. The number of carbonyl (C=O) groups excluding carboxylic acids is 1. The van der Waals surface area contributed by atoms with E-state index in [1.54, 1.807) is 30.7 Å². The van der Waals surface area contributed by atoms with Crippen LogP contribution in [-0.2, 0) is 4.74 Å². The summed E-state index contributed by atoms with van der Waals surface area (Å²) in [5.41, 5.74) is 2.22. The maximum Gasteiger partial charge on any atom is 0.337 e. The average Bonchev–Trinajstić information content (AvgIpc) is 2.89. The van der Waals surface area contributed by atoms with Crippen LogP contribution in [0, 0.1) is 0 Å². The number of methoxy groups -OCH3 is 1. The molecule has 3 aromatic rings. The molecule has 0 atom stereocenters. The van der Waals surface area contributed by atoms with E-state index in [0.717, 1.165) is 16.9 Å². The molecule has 0 unspecified atom stereocenters. The van der Waals surface area contributed by atoms with E-state index in [1.165, 1.54) is 7.11 Å². The zero-order valence-electron chi connectivity index (χ0n) is 10.6. The molecule has 0 saturated heterocycles. The van der Waals surface area contributed by atoms with Gasteiger partial charge in [0.05, 0.1) is 30.6 Å². The first-order chi connectivity index (χ1) is 9.69. The third-order valence-electron chi connectivity index (χ3n) is 2.95. The molecule has 0 saturated carbocycles. The Bertz CT molecular complexity index is 781. The number of benzene rings is 1. The molecule has 0 aliphatic carbocycles. The van der Waals surface area contributed by atoms with Crippen LogP contribution in [0.2, 0.25) is 5.15 Å². The van der Waals surface area contributed by atoms with E-state index in [0.29, 0.717) is 10.7 Å². The number of carbonyl (C=O) groups is 1. The summed E-state index contributed by atoms with van der Waals surface area (Å²) in [5, 5.41) is 0.392. The van der Waals surface area contributed by atoms with Crippen LogP contribution >= 0.6 is 11.6 Å². The van der Waals surface area contributed by atoms with E-state index < -0.39 is 0 Å². The Morgan fingerprint density at radius 3 is 2.60 bits per heavy atom. The van der Waals surface area contributed by atoms with Crippen molar-refractivity contribution in [2.45, 2.75) is 0 Å². The van der Waals surface area contributed by atoms with Gasteiger partial charge in [0.2, 0.25) is 0 Å². The van der Waals surface area contributed by atoms with E-state index in [-0.39, 0.29) is 5.97 Å². The van der Waals surface area contributed by atoms with E-state index in [1.807, 2.05) is 16.5 Å². The first-order valence-corrected chi connectivity index (χ1v) is 6.24. The molecule has 0 N–H and O–H groups in total. The second kappa shape index (κ2) is 4.94. The molecule has 3 rings (SSSR count). The van der Waals surface area contributed by atoms with Crippen LogP contribution in [0.3, 0.4) is 0 Å². The van der Waals surface area contributed by atoms with Crippen LogP contribution in [0.5, 0.6) is 0 Å². The number of imidazole rings is 1. The zero-order chi connectivity index (χ0) is 14.1. The predicted molar refractivity (Wildman–Crippen MR) is 74.8 cm³/mol. The fourth-order valence-electron chi connectivity index (χ4n) is 1.96. The van der Waals surface area contributed by atoms with Gasteiger partial charge in [-0.2, -0.15) is 0 Å². The zero-order valence-corrected chi connectivity index (χ0v) is 11.3. The van der Waals surface area contributed by atoms with Crippen LogP contribution in [-0.4, -0.2) is 27.4 Å². The number of nitrogens with zero attached hydrogens (tertiary/aromatic N) is 3. The van der Waals surface area contributed by atoms with Gasteiger partial charge in [0.1, 0.15) is 11.0 Å². The maximum absolute atomic E-state index is 11.4. The molecular weight excluding hydrogens is 278 g/mol. The number of halogens is 1. The van der Waals surface area contributed by atoms with E-state index in [2.05, 4.69) is 14.7 Å². The van der Waals surface area contributed by atoms with Crippen molar-refractivity contribution >= 4 is 23.1 Å². The lowest BCUT2D eigenvalue weighted by atomic mass is 10.1. The SMILES string of the molecule is COC(=O)c1ccc(-c2ncc3cnc(Cl)cn23)cc1. The third-order valence-corrected chi connectivity index (χ3v) is 3.14. The Labute approximate surface area is 119 Å². The number of esters is 1. The Morgan fingerprint density at radius 2 is 1.90 bits per heavy atom. The first kappa shape index (κ1) is 12.6. The van der Waals surface area contributed by atoms with Gasteiger partial charge in [-0.25, -0.2) is 14.8 Å². The fourth-order valence-corrected chi connectivity index (χ4v) is 2.11. The molecule has 2 heterocycles. The Morgan fingerprint density at radius 1 is 1.20 bits per heavy atom. The standard InChI is InChI=1S/C14H10ClN3O2/c1-20-14(19)10-4-2-9(3-5-10)13-17-7-11-6-16-12(15)8-18(11)13/h2-8H,1H3. The van der Waals surface area contributed by atoms with Gasteiger partial charge in [0, 0.05) is 11.8 Å². The highest BCUT2D eigenvalue weighted by atomic mass is 35.5. The van der Waals surface area contributed by atoms with Crippen molar-refractivity contribution in [2.24, 2.45) is 0 Å². The van der Waals surface area contributed by atoms with Crippen LogP contribution < -0.4 is 0 Å². The van der Waals surface area contributed by atoms with E-state index in [9.17, 15) is 4.79 Å². The lowest BCUT2D eigenvalue weighted by Crippen LogP contribution is -2.00. The van der Waals surface area contributed by atoms with Gasteiger partial charge in [-0.15, -0.1) is 0 Å². The number of hydrogen-bond donors (Lipinski definition) is 0. The molecule has 0 fully saturated rings. The molecule has 0 spiro atoms. The summed E-state index contributed by atoms with van der Waals surface area (Å²) in [6.07, 6.45) is 5.07. The van der Waals surface area contributed by atoms with Crippen molar-refractivity contribution in [1.82, 2.24) is 14.4 Å². The van der Waals surface area contributed by atoms with Gasteiger partial charge in [0.15, 0.2) is 0 Å². The minimum atomic E-state index is -0.364. The van der Waals surface area contributed by atoms with Crippen molar-refractivity contribution in [3.8, 4) is 11.4 Å². The summed E-state index contributed by atoms with van der Waals surface area (Å²) in [4.78, 5) is 19.8. The number of aromatic nitrogens is 3. The normalized spacial score (nSPS) is 10.7. The molecule has 2 aromatic heterocycles. The van der Waals surface area contributed by atoms with Crippen LogP contribution in [0.15, 0.2) is 42.9 Å². The van der Waals surface area contributed by atoms with E-state index >= 15 is 0 Å². The quantitative estimate of drug-likeness (QED) is 0.680. The highest BCUT2D eigenvalue weighted by Crippen LogP contribution is 2.21. The van der Waals surface area contributed by atoms with Crippen molar-refractivity contribution in [3.05, 3.63) is 53.6 Å². The lowest BCUT2D eigenvalue weighted by molar-refractivity contribution is 0.0601. The van der Waals surface area contributed by atoms with Crippen molar-refractivity contribution in [1.29, 1.82) is 0 Å². The summed E-state index contributed by atoms with van der Waals surface area (Å²) >= 11 is 5.90. The number of fused-ring (bicyclic) bond motifs is 1. The minimum absolute atomic E-state index is 0.364. The first-order valence-electron chi connectivity index (χ1n) is 5.86. The minimum Gasteiger partial charge on any atom is -0.465 e. The molecule has 100 valence electrons. The van der Waals surface area contributed by atoms with Gasteiger partial charge >= 0.3 is 5.97 Å². The highest BCUT2D eigenvalue weighted by Gasteiger charge is 2.09. The van der Waals surface area contributed by atoms with E-state index in [4.69, 9.17) is 11.6 Å². The molecule has 0 radical (unpaired) electrons. The van der Waals surface area contributed by atoms with Crippen LogP contribution in [0.25, 0.3) is 16.9 Å².